The zero-order valence-electron chi connectivity index (χ0n) is 23.2. The normalized spacial score (nSPS) is 18.4. The Hall–Kier alpha value is -3.43. The van der Waals surface area contributed by atoms with Gasteiger partial charge in [0.15, 0.2) is 9.84 Å². The molecule has 1 saturated heterocycles. The Kier molecular flexibility index (Phi) is 8.60. The second-order valence-electron chi connectivity index (χ2n) is 11.0. The summed E-state index contributed by atoms with van der Waals surface area (Å²) in [5.41, 5.74) is 2.55. The number of sulfonamides is 1. The van der Waals surface area contributed by atoms with Gasteiger partial charge < -0.3 is 11.1 Å². The number of nitrogens with two attached hydrogens (primary N) is 1. The third kappa shape index (κ3) is 7.21. The van der Waals surface area contributed by atoms with Gasteiger partial charge in [0.2, 0.25) is 0 Å². The van der Waals surface area contributed by atoms with Crippen LogP contribution in [0.2, 0.25) is 0 Å². The minimum atomic E-state index is -5.67. The van der Waals surface area contributed by atoms with Gasteiger partial charge >= 0.3 is 15.5 Å². The Morgan fingerprint density at radius 2 is 1.70 bits per heavy atom. The molecule has 4 N–H and O–H groups in total. The Labute approximate surface area is 247 Å². The molecule has 0 atom stereocenters. The summed E-state index contributed by atoms with van der Waals surface area (Å²) in [6.45, 7) is 1.33. The van der Waals surface area contributed by atoms with Gasteiger partial charge in [0.05, 0.1) is 34.0 Å². The average Bonchev–Trinajstić information content (AvgIpc) is 2.93. The Bertz CT molecular complexity index is 1740. The number of carbonyl (C=O) groups excluding carboxylic acids is 1. The van der Waals surface area contributed by atoms with E-state index >= 15 is 0 Å². The maximum absolute atomic E-state index is 13.2. The van der Waals surface area contributed by atoms with Crippen molar-refractivity contribution in [3.8, 4) is 0 Å². The predicted octanol–water partition coefficient (Wildman–Crippen LogP) is 4.62. The van der Waals surface area contributed by atoms with Crippen LogP contribution < -0.4 is 15.8 Å². The largest absolute Gasteiger partial charge is 0.516 e. The molecule has 3 aromatic rings. The fraction of sp³-hybridized carbons (Fsp3) is 0.429. The molecule has 15 heteroatoms. The van der Waals surface area contributed by atoms with E-state index in [4.69, 9.17) is 5.73 Å². The molecular weight excluding hydrogens is 607 g/mol. The quantitative estimate of drug-likeness (QED) is 0.323. The number of pyridine rings is 1. The molecule has 2 heterocycles. The van der Waals surface area contributed by atoms with Crippen LogP contribution in [0.5, 0.6) is 0 Å². The second kappa shape index (κ2) is 11.9. The number of nitrogens with zero attached hydrogens (tertiary/aromatic N) is 2. The highest BCUT2D eigenvalue weighted by Crippen LogP contribution is 2.38. The number of benzene rings is 2. The van der Waals surface area contributed by atoms with Crippen molar-refractivity contribution in [3.63, 3.8) is 0 Å². The first-order valence-corrected chi connectivity index (χ1v) is 17.2. The summed E-state index contributed by atoms with van der Waals surface area (Å²) in [6, 6.07) is 9.79. The van der Waals surface area contributed by atoms with Gasteiger partial charge in [0, 0.05) is 36.9 Å². The van der Waals surface area contributed by atoms with Crippen LogP contribution >= 0.6 is 0 Å². The van der Waals surface area contributed by atoms with E-state index in [9.17, 15) is 34.8 Å². The fourth-order valence-electron chi connectivity index (χ4n) is 5.64. The summed E-state index contributed by atoms with van der Waals surface area (Å²) in [6.07, 6.45) is 5.87. The number of halogens is 3. The lowest BCUT2D eigenvalue weighted by Gasteiger charge is -2.26. The van der Waals surface area contributed by atoms with E-state index in [0.29, 0.717) is 36.1 Å². The Morgan fingerprint density at radius 1 is 1.02 bits per heavy atom. The van der Waals surface area contributed by atoms with Crippen LogP contribution in [0.1, 0.15) is 59.5 Å². The lowest BCUT2D eigenvalue weighted by atomic mass is 9.84. The number of amides is 1. The van der Waals surface area contributed by atoms with Crippen molar-refractivity contribution in [2.75, 3.05) is 34.6 Å². The van der Waals surface area contributed by atoms with E-state index in [1.807, 2.05) is 17.0 Å². The number of alkyl halides is 3. The number of hydrogen-bond donors (Lipinski definition) is 3. The molecule has 1 aliphatic heterocycles. The molecule has 2 aromatic carbocycles. The van der Waals surface area contributed by atoms with E-state index in [-0.39, 0.29) is 40.0 Å². The first kappa shape index (κ1) is 31.0. The SMILES string of the molecule is NC(=O)c1cnc2cc(CN3CCS(=O)(=O)CC3)ccc2c1Nc1cc(NS(=O)(=O)C(F)(F)F)cc(C2CCCCC2)c1. The van der Waals surface area contributed by atoms with Crippen LogP contribution in [0.15, 0.2) is 42.6 Å². The number of nitrogens with one attached hydrogen (secondary N) is 2. The number of aromatic nitrogens is 1. The minimum Gasteiger partial charge on any atom is -0.365 e. The number of primary amides is 1. The van der Waals surface area contributed by atoms with E-state index in [0.717, 1.165) is 37.7 Å². The Morgan fingerprint density at radius 3 is 2.35 bits per heavy atom. The van der Waals surface area contributed by atoms with Gasteiger partial charge in [0.25, 0.3) is 5.91 Å². The van der Waals surface area contributed by atoms with E-state index in [1.165, 1.54) is 18.3 Å². The molecule has 2 fully saturated rings. The third-order valence-electron chi connectivity index (χ3n) is 7.90. The molecule has 43 heavy (non-hydrogen) atoms. The molecule has 1 aromatic heterocycles. The monoisotopic (exact) mass is 639 g/mol. The smallest absolute Gasteiger partial charge is 0.365 e. The molecule has 0 spiro atoms. The topological polar surface area (TPSA) is 152 Å². The van der Waals surface area contributed by atoms with E-state index < -0.39 is 31.3 Å². The minimum absolute atomic E-state index is 0.0294. The van der Waals surface area contributed by atoms with Gasteiger partial charge in [-0.1, -0.05) is 31.4 Å². The zero-order valence-corrected chi connectivity index (χ0v) is 24.8. The van der Waals surface area contributed by atoms with Crippen molar-refractivity contribution in [3.05, 3.63) is 59.3 Å². The van der Waals surface area contributed by atoms with Crippen molar-refractivity contribution in [2.24, 2.45) is 5.73 Å². The highest BCUT2D eigenvalue weighted by molar-refractivity contribution is 7.93. The molecule has 1 amide bonds. The van der Waals surface area contributed by atoms with Gasteiger partial charge in [-0.2, -0.15) is 21.6 Å². The number of rotatable bonds is 8. The number of sulfone groups is 1. The summed E-state index contributed by atoms with van der Waals surface area (Å²) in [5.74, 6) is -0.565. The highest BCUT2D eigenvalue weighted by atomic mass is 32.2. The summed E-state index contributed by atoms with van der Waals surface area (Å²) >= 11 is 0. The number of fused-ring (bicyclic) bond motifs is 1. The van der Waals surface area contributed by atoms with Crippen molar-refractivity contribution in [1.29, 1.82) is 0 Å². The van der Waals surface area contributed by atoms with Crippen LogP contribution in [0.4, 0.5) is 30.2 Å². The van der Waals surface area contributed by atoms with Gasteiger partial charge in [-0.3, -0.25) is 19.4 Å². The van der Waals surface area contributed by atoms with Gasteiger partial charge in [-0.05, 0) is 54.2 Å². The lowest BCUT2D eigenvalue weighted by Crippen LogP contribution is -2.39. The van der Waals surface area contributed by atoms with Gasteiger partial charge in [-0.15, -0.1) is 0 Å². The first-order chi connectivity index (χ1) is 20.2. The van der Waals surface area contributed by atoms with E-state index in [1.54, 1.807) is 16.9 Å². The van der Waals surface area contributed by atoms with Crippen LogP contribution in [0.25, 0.3) is 10.9 Å². The van der Waals surface area contributed by atoms with Crippen molar-refractivity contribution < 1.29 is 34.8 Å². The zero-order chi connectivity index (χ0) is 31.0. The summed E-state index contributed by atoms with van der Waals surface area (Å²) in [5, 5.41) is 3.63. The standard InChI is InChI=1S/C28H32F3N5O5S2/c29-28(30,31)43(40,41)35-22-14-20(19-4-2-1-3-5-19)13-21(15-22)34-26-23-7-6-18(12-25(23)33-16-24(26)27(32)37)17-36-8-10-42(38,39)11-9-36/h6-7,12-16,19,35H,1-5,8-11,17H2,(H2,32,37)(H,33,34). The summed E-state index contributed by atoms with van der Waals surface area (Å²) in [7, 11) is -8.69. The number of hydrogen-bond acceptors (Lipinski definition) is 8. The average molecular weight is 640 g/mol. The number of carbonyl (C=O) groups is 1. The van der Waals surface area contributed by atoms with Crippen molar-refractivity contribution >= 4 is 53.7 Å². The molecule has 0 bridgehead atoms. The molecule has 5 rings (SSSR count). The maximum Gasteiger partial charge on any atom is 0.516 e. The molecule has 232 valence electrons. The highest BCUT2D eigenvalue weighted by Gasteiger charge is 2.46. The van der Waals surface area contributed by atoms with Gasteiger partial charge in [-0.25, -0.2) is 8.42 Å². The van der Waals surface area contributed by atoms with E-state index in [2.05, 4.69) is 10.3 Å². The maximum atomic E-state index is 13.2. The summed E-state index contributed by atoms with van der Waals surface area (Å²) < 4.78 is 88.7. The van der Waals surface area contributed by atoms with Crippen LogP contribution in [0.3, 0.4) is 0 Å². The van der Waals surface area contributed by atoms with Crippen LogP contribution in [-0.2, 0) is 26.4 Å². The van der Waals surface area contributed by atoms with Gasteiger partial charge in [0.1, 0.15) is 0 Å². The third-order valence-corrected chi connectivity index (χ3v) is 10.6. The summed E-state index contributed by atoms with van der Waals surface area (Å²) in [4.78, 5) is 18.8. The molecule has 10 nitrogen and oxygen atoms in total. The fourth-order valence-corrected chi connectivity index (χ4v) is 7.46. The Balaban J connectivity index is 1.51. The molecule has 0 unspecified atom stereocenters. The molecule has 1 aliphatic carbocycles. The van der Waals surface area contributed by atoms with Crippen LogP contribution in [-0.4, -0.2) is 62.7 Å². The molecule has 0 radical (unpaired) electrons. The van der Waals surface area contributed by atoms with Crippen molar-refractivity contribution in [1.82, 2.24) is 9.88 Å². The van der Waals surface area contributed by atoms with Crippen LogP contribution in [0, 0.1) is 0 Å². The predicted molar refractivity (Wildman–Crippen MR) is 158 cm³/mol. The lowest BCUT2D eigenvalue weighted by molar-refractivity contribution is -0.0429. The first-order valence-electron chi connectivity index (χ1n) is 13.9. The molecular formula is C28H32F3N5O5S2. The number of anilines is 3. The second-order valence-corrected chi connectivity index (χ2v) is 15.0. The molecule has 2 aliphatic rings. The molecule has 1 saturated carbocycles. The van der Waals surface area contributed by atoms with Crippen molar-refractivity contribution in [2.45, 2.75) is 50.1 Å².